The number of rotatable bonds is 4. The molecule has 5 heteroatoms. The van der Waals surface area contributed by atoms with Crippen LogP contribution in [0.5, 0.6) is 5.88 Å². The largest absolute Gasteiger partial charge is 0.481 e. The molecular formula is C22H15N3O2. The normalized spacial score (nSPS) is 10.5. The van der Waals surface area contributed by atoms with E-state index in [0.29, 0.717) is 22.6 Å². The molecule has 0 atom stereocenters. The first-order valence-corrected chi connectivity index (χ1v) is 8.36. The van der Waals surface area contributed by atoms with Gasteiger partial charge in [0.2, 0.25) is 5.88 Å². The van der Waals surface area contributed by atoms with Crippen molar-refractivity contribution in [2.45, 2.75) is 0 Å². The minimum atomic E-state index is -0.185. The zero-order chi connectivity index (χ0) is 18.8. The highest BCUT2D eigenvalue weighted by Crippen LogP contribution is 2.30. The molecular weight excluding hydrogens is 338 g/mol. The Balaban J connectivity index is 1.85. The van der Waals surface area contributed by atoms with Gasteiger partial charge in [-0.2, -0.15) is 5.26 Å². The van der Waals surface area contributed by atoms with Crippen LogP contribution < -0.4 is 4.74 Å². The molecule has 0 radical (unpaired) electrons. The number of carbonyl (C=O) groups is 1. The van der Waals surface area contributed by atoms with Crippen LogP contribution in [0.4, 0.5) is 0 Å². The molecule has 0 aliphatic rings. The Hall–Kier alpha value is -3.91. The summed E-state index contributed by atoms with van der Waals surface area (Å²) in [7, 11) is 1.50. The van der Waals surface area contributed by atoms with Gasteiger partial charge in [0.05, 0.1) is 18.7 Å². The van der Waals surface area contributed by atoms with Crippen molar-refractivity contribution in [2.24, 2.45) is 0 Å². The Morgan fingerprint density at radius 2 is 2.00 bits per heavy atom. The molecule has 27 heavy (non-hydrogen) atoms. The van der Waals surface area contributed by atoms with Crippen LogP contribution in [0.25, 0.3) is 22.0 Å². The molecule has 2 aromatic heterocycles. The molecule has 0 fully saturated rings. The maximum absolute atomic E-state index is 13.0. The van der Waals surface area contributed by atoms with Crippen molar-refractivity contribution in [3.63, 3.8) is 0 Å². The van der Waals surface area contributed by atoms with Gasteiger partial charge in [0.15, 0.2) is 5.78 Å². The Labute approximate surface area is 155 Å². The standard InChI is InChI=1S/C22H15N3O2/c1-27-21-12-15(5-7-25-21)22(26)17-10-14(13-23)9-16(11-17)18-3-2-4-20-19(18)6-8-24-20/h2-12,24H,1H3. The number of hydrogen-bond donors (Lipinski definition) is 1. The van der Waals surface area contributed by atoms with E-state index in [-0.39, 0.29) is 5.78 Å². The van der Waals surface area contributed by atoms with Gasteiger partial charge >= 0.3 is 0 Å². The molecule has 130 valence electrons. The fourth-order valence-corrected chi connectivity index (χ4v) is 3.14. The number of methoxy groups -OCH3 is 1. The topological polar surface area (TPSA) is 78.8 Å². The average Bonchev–Trinajstić information content (AvgIpc) is 3.21. The molecule has 2 heterocycles. The maximum Gasteiger partial charge on any atom is 0.213 e. The number of nitriles is 1. The van der Waals surface area contributed by atoms with Gasteiger partial charge in [-0.05, 0) is 47.5 Å². The lowest BCUT2D eigenvalue weighted by molar-refractivity contribution is 0.103. The zero-order valence-electron chi connectivity index (χ0n) is 14.6. The summed E-state index contributed by atoms with van der Waals surface area (Å²) in [5.74, 6) is 0.185. The molecule has 0 saturated heterocycles. The second kappa shape index (κ2) is 6.77. The molecule has 2 aromatic carbocycles. The number of fused-ring (bicyclic) bond motifs is 1. The van der Waals surface area contributed by atoms with Crippen LogP contribution >= 0.6 is 0 Å². The van der Waals surface area contributed by atoms with E-state index in [1.165, 1.54) is 13.3 Å². The molecule has 0 aliphatic carbocycles. The Morgan fingerprint density at radius 3 is 2.81 bits per heavy atom. The van der Waals surface area contributed by atoms with Crippen LogP contribution in [-0.2, 0) is 0 Å². The van der Waals surface area contributed by atoms with Gasteiger partial charge < -0.3 is 9.72 Å². The monoisotopic (exact) mass is 353 g/mol. The van der Waals surface area contributed by atoms with Crippen molar-refractivity contribution in [3.8, 4) is 23.1 Å². The van der Waals surface area contributed by atoms with Crippen LogP contribution in [0.2, 0.25) is 0 Å². The lowest BCUT2D eigenvalue weighted by Gasteiger charge is -2.09. The fraction of sp³-hybridized carbons (Fsp3) is 0.0455. The lowest BCUT2D eigenvalue weighted by atomic mass is 9.94. The predicted molar refractivity (Wildman–Crippen MR) is 103 cm³/mol. The molecule has 0 saturated carbocycles. The van der Waals surface area contributed by atoms with Crippen molar-refractivity contribution in [1.82, 2.24) is 9.97 Å². The summed E-state index contributed by atoms with van der Waals surface area (Å²) < 4.78 is 5.10. The average molecular weight is 353 g/mol. The number of H-pyrrole nitrogens is 1. The summed E-state index contributed by atoms with van der Waals surface area (Å²) in [6.07, 6.45) is 3.40. The van der Waals surface area contributed by atoms with Crippen LogP contribution in [-0.4, -0.2) is 22.9 Å². The van der Waals surface area contributed by atoms with Gasteiger partial charge in [-0.1, -0.05) is 12.1 Å². The third-order valence-corrected chi connectivity index (χ3v) is 4.44. The number of nitrogens with zero attached hydrogens (tertiary/aromatic N) is 2. The summed E-state index contributed by atoms with van der Waals surface area (Å²) >= 11 is 0. The highest BCUT2D eigenvalue weighted by molar-refractivity contribution is 6.10. The van der Waals surface area contributed by atoms with Crippen molar-refractivity contribution in [3.05, 3.63) is 83.7 Å². The van der Waals surface area contributed by atoms with Crippen molar-refractivity contribution in [2.75, 3.05) is 7.11 Å². The Bertz CT molecular complexity index is 1200. The minimum Gasteiger partial charge on any atom is -0.481 e. The molecule has 0 aliphatic heterocycles. The summed E-state index contributed by atoms with van der Waals surface area (Å²) in [5, 5.41) is 10.5. The molecule has 4 rings (SSSR count). The van der Waals surface area contributed by atoms with Crippen LogP contribution in [0.15, 0.2) is 67.0 Å². The summed E-state index contributed by atoms with van der Waals surface area (Å²) in [6, 6.07) is 18.5. The van der Waals surface area contributed by atoms with Gasteiger partial charge in [-0.25, -0.2) is 4.98 Å². The number of benzene rings is 2. The first-order chi connectivity index (χ1) is 13.2. The molecule has 4 aromatic rings. The molecule has 1 N–H and O–H groups in total. The number of carbonyl (C=O) groups excluding carboxylic acids is 1. The molecule has 0 bridgehead atoms. The second-order valence-corrected chi connectivity index (χ2v) is 6.07. The predicted octanol–water partition coefficient (Wildman–Crippen LogP) is 4.34. The third kappa shape index (κ3) is 3.05. The van der Waals surface area contributed by atoms with E-state index in [9.17, 15) is 10.1 Å². The Morgan fingerprint density at radius 1 is 1.11 bits per heavy atom. The summed E-state index contributed by atoms with van der Waals surface area (Å²) in [4.78, 5) is 20.2. The van der Waals surface area contributed by atoms with E-state index in [1.54, 1.807) is 24.3 Å². The maximum atomic E-state index is 13.0. The van der Waals surface area contributed by atoms with Crippen LogP contribution in [0.3, 0.4) is 0 Å². The second-order valence-electron chi connectivity index (χ2n) is 6.07. The lowest BCUT2D eigenvalue weighted by Crippen LogP contribution is -2.03. The van der Waals surface area contributed by atoms with Gasteiger partial charge in [0, 0.05) is 40.5 Å². The highest BCUT2D eigenvalue weighted by Gasteiger charge is 2.14. The number of nitrogens with one attached hydrogen (secondary N) is 1. The van der Waals surface area contributed by atoms with Gasteiger partial charge in [0.25, 0.3) is 0 Å². The van der Waals surface area contributed by atoms with E-state index < -0.39 is 0 Å². The number of aromatic amines is 1. The zero-order valence-corrected chi connectivity index (χ0v) is 14.6. The number of ether oxygens (including phenoxy) is 1. The fourth-order valence-electron chi connectivity index (χ4n) is 3.14. The SMILES string of the molecule is COc1cc(C(=O)c2cc(C#N)cc(-c3cccc4[nH]ccc34)c2)ccn1. The van der Waals surface area contributed by atoms with E-state index >= 15 is 0 Å². The van der Waals surface area contributed by atoms with Crippen molar-refractivity contribution < 1.29 is 9.53 Å². The summed E-state index contributed by atoms with van der Waals surface area (Å²) in [5.41, 5.74) is 4.13. The quantitative estimate of drug-likeness (QED) is 0.554. The first-order valence-electron chi connectivity index (χ1n) is 8.36. The highest BCUT2D eigenvalue weighted by atomic mass is 16.5. The third-order valence-electron chi connectivity index (χ3n) is 4.44. The van der Waals surface area contributed by atoms with Crippen molar-refractivity contribution >= 4 is 16.7 Å². The molecule has 0 unspecified atom stereocenters. The molecule has 5 nitrogen and oxygen atoms in total. The van der Waals surface area contributed by atoms with Crippen LogP contribution in [0.1, 0.15) is 21.5 Å². The minimum absolute atomic E-state index is 0.185. The number of aromatic nitrogens is 2. The molecule has 0 spiro atoms. The number of hydrogen-bond acceptors (Lipinski definition) is 4. The van der Waals surface area contributed by atoms with E-state index in [0.717, 1.165) is 22.0 Å². The molecule has 0 amide bonds. The van der Waals surface area contributed by atoms with Gasteiger partial charge in [0.1, 0.15) is 0 Å². The Kier molecular flexibility index (Phi) is 4.15. The van der Waals surface area contributed by atoms with E-state index in [4.69, 9.17) is 4.74 Å². The number of ketones is 1. The summed E-state index contributed by atoms with van der Waals surface area (Å²) in [6.45, 7) is 0. The van der Waals surface area contributed by atoms with Gasteiger partial charge in [-0.15, -0.1) is 0 Å². The van der Waals surface area contributed by atoms with E-state index in [1.807, 2.05) is 36.5 Å². The number of pyridine rings is 1. The van der Waals surface area contributed by atoms with E-state index in [2.05, 4.69) is 16.0 Å². The van der Waals surface area contributed by atoms with Gasteiger partial charge in [-0.3, -0.25) is 4.79 Å². The smallest absolute Gasteiger partial charge is 0.213 e. The van der Waals surface area contributed by atoms with Crippen molar-refractivity contribution in [1.29, 1.82) is 5.26 Å². The first kappa shape index (κ1) is 16.6. The van der Waals surface area contributed by atoms with Crippen LogP contribution in [0, 0.1) is 11.3 Å².